The van der Waals surface area contributed by atoms with Gasteiger partial charge in [0.05, 0.1) is 0 Å². The third-order valence-corrected chi connectivity index (χ3v) is 3.92. The Bertz CT molecular complexity index is 366. The van der Waals surface area contributed by atoms with E-state index in [-0.39, 0.29) is 6.04 Å². The predicted molar refractivity (Wildman–Crippen MR) is 84.6 cm³/mol. The van der Waals surface area contributed by atoms with E-state index in [0.717, 1.165) is 17.1 Å². The molecule has 108 valence electrons. The zero-order valence-corrected chi connectivity index (χ0v) is 13.2. The van der Waals surface area contributed by atoms with Crippen molar-refractivity contribution in [3.05, 3.63) is 34.9 Å². The predicted octanol–water partition coefficient (Wildman–Crippen LogP) is 4.24. The van der Waals surface area contributed by atoms with Gasteiger partial charge in [0.25, 0.3) is 0 Å². The van der Waals surface area contributed by atoms with Crippen molar-refractivity contribution in [2.75, 3.05) is 13.1 Å². The van der Waals surface area contributed by atoms with E-state index in [0.29, 0.717) is 12.6 Å². The largest absolute Gasteiger partial charge is 0.329 e. The molecule has 19 heavy (non-hydrogen) atoms. The van der Waals surface area contributed by atoms with Gasteiger partial charge in [0.15, 0.2) is 0 Å². The molecule has 2 nitrogen and oxygen atoms in total. The van der Waals surface area contributed by atoms with Gasteiger partial charge in [-0.1, -0.05) is 49.6 Å². The fraction of sp³-hybridized carbons (Fsp3) is 0.625. The Kier molecular flexibility index (Phi) is 7.44. The second kappa shape index (κ2) is 8.57. The van der Waals surface area contributed by atoms with Crippen molar-refractivity contribution in [3.8, 4) is 0 Å². The van der Waals surface area contributed by atoms with Gasteiger partial charge in [-0.05, 0) is 38.4 Å². The number of unbranched alkanes of at least 4 members (excludes halogenated alkanes) is 2. The molecule has 3 heteroatoms. The molecule has 0 heterocycles. The van der Waals surface area contributed by atoms with Crippen LogP contribution in [0.25, 0.3) is 0 Å². The Morgan fingerprint density at radius 3 is 2.42 bits per heavy atom. The standard InChI is InChI=1S/C16H27ClN2/c1-4-5-8-11-19(13(2)3)16(12-18)14-9-6-7-10-15(14)17/h6-7,9-10,13,16H,4-5,8,11-12,18H2,1-3H3. The molecule has 1 atom stereocenters. The maximum absolute atomic E-state index is 6.33. The number of halogens is 1. The normalized spacial score (nSPS) is 13.2. The molecule has 0 aliphatic carbocycles. The zero-order chi connectivity index (χ0) is 14.3. The quantitative estimate of drug-likeness (QED) is 0.723. The Balaban J connectivity index is 2.87. The maximum atomic E-state index is 6.33. The lowest BCUT2D eigenvalue weighted by Gasteiger charge is -2.35. The van der Waals surface area contributed by atoms with Crippen LogP contribution in [-0.4, -0.2) is 24.0 Å². The van der Waals surface area contributed by atoms with Crippen LogP contribution in [0.1, 0.15) is 51.6 Å². The molecule has 1 aromatic rings. The lowest BCUT2D eigenvalue weighted by molar-refractivity contribution is 0.154. The molecular weight excluding hydrogens is 256 g/mol. The summed E-state index contributed by atoms with van der Waals surface area (Å²) in [7, 11) is 0. The minimum absolute atomic E-state index is 0.213. The van der Waals surface area contributed by atoms with Crippen molar-refractivity contribution in [1.82, 2.24) is 4.90 Å². The summed E-state index contributed by atoms with van der Waals surface area (Å²) in [5.41, 5.74) is 7.17. The first kappa shape index (κ1) is 16.5. The summed E-state index contributed by atoms with van der Waals surface area (Å²) in [4.78, 5) is 2.47. The third-order valence-electron chi connectivity index (χ3n) is 3.57. The maximum Gasteiger partial charge on any atom is 0.0487 e. The average molecular weight is 283 g/mol. The van der Waals surface area contributed by atoms with E-state index in [1.807, 2.05) is 18.2 Å². The minimum Gasteiger partial charge on any atom is -0.329 e. The van der Waals surface area contributed by atoms with Gasteiger partial charge in [-0.25, -0.2) is 0 Å². The van der Waals surface area contributed by atoms with Crippen molar-refractivity contribution in [2.24, 2.45) is 5.73 Å². The van der Waals surface area contributed by atoms with Crippen LogP contribution in [0.2, 0.25) is 5.02 Å². The number of hydrogen-bond acceptors (Lipinski definition) is 2. The van der Waals surface area contributed by atoms with Crippen LogP contribution in [0, 0.1) is 0 Å². The van der Waals surface area contributed by atoms with E-state index in [9.17, 15) is 0 Å². The summed E-state index contributed by atoms with van der Waals surface area (Å²) >= 11 is 6.33. The van der Waals surface area contributed by atoms with Gasteiger partial charge in [-0.3, -0.25) is 4.90 Å². The second-order valence-corrected chi connectivity index (χ2v) is 5.72. The SMILES string of the molecule is CCCCCN(C(C)C)C(CN)c1ccccc1Cl. The van der Waals surface area contributed by atoms with Gasteiger partial charge in [0.1, 0.15) is 0 Å². The molecular formula is C16H27ClN2. The first-order valence-corrected chi connectivity index (χ1v) is 7.69. The van der Waals surface area contributed by atoms with Crippen LogP contribution < -0.4 is 5.73 Å². The molecule has 0 amide bonds. The van der Waals surface area contributed by atoms with Crippen LogP contribution >= 0.6 is 11.6 Å². The van der Waals surface area contributed by atoms with Gasteiger partial charge in [0, 0.05) is 23.7 Å². The second-order valence-electron chi connectivity index (χ2n) is 5.31. The lowest BCUT2D eigenvalue weighted by atomic mass is 10.0. The summed E-state index contributed by atoms with van der Waals surface area (Å²) in [6, 6.07) is 8.73. The summed E-state index contributed by atoms with van der Waals surface area (Å²) < 4.78 is 0. The molecule has 0 aromatic heterocycles. The Morgan fingerprint density at radius 1 is 1.21 bits per heavy atom. The van der Waals surface area contributed by atoms with Crippen LogP contribution in [0.5, 0.6) is 0 Å². The van der Waals surface area contributed by atoms with Crippen LogP contribution in [0.15, 0.2) is 24.3 Å². The molecule has 0 aliphatic rings. The number of benzene rings is 1. The van der Waals surface area contributed by atoms with Gasteiger partial charge < -0.3 is 5.73 Å². The van der Waals surface area contributed by atoms with Crippen molar-refractivity contribution < 1.29 is 0 Å². The molecule has 1 unspecified atom stereocenters. The molecule has 0 saturated heterocycles. The van der Waals surface area contributed by atoms with Crippen molar-refractivity contribution >= 4 is 11.6 Å². The first-order chi connectivity index (χ1) is 9.11. The first-order valence-electron chi connectivity index (χ1n) is 7.32. The molecule has 0 aliphatic heterocycles. The molecule has 0 spiro atoms. The monoisotopic (exact) mass is 282 g/mol. The highest BCUT2D eigenvalue weighted by atomic mass is 35.5. The fourth-order valence-electron chi connectivity index (χ4n) is 2.50. The van der Waals surface area contributed by atoms with Gasteiger partial charge >= 0.3 is 0 Å². The Labute approximate surface area is 122 Å². The van der Waals surface area contributed by atoms with Gasteiger partial charge in [-0.2, -0.15) is 0 Å². The summed E-state index contributed by atoms with van der Waals surface area (Å²) in [5.74, 6) is 0. The minimum atomic E-state index is 0.213. The lowest BCUT2D eigenvalue weighted by Crippen LogP contribution is -2.39. The smallest absolute Gasteiger partial charge is 0.0487 e. The van der Waals surface area contributed by atoms with Crippen molar-refractivity contribution in [1.29, 1.82) is 0 Å². The summed E-state index contributed by atoms with van der Waals surface area (Å²) in [6.07, 6.45) is 3.73. The van der Waals surface area contributed by atoms with Crippen LogP contribution in [0.3, 0.4) is 0 Å². The summed E-state index contributed by atoms with van der Waals surface area (Å²) in [6.45, 7) is 8.37. The third kappa shape index (κ3) is 4.79. The molecule has 2 N–H and O–H groups in total. The molecule has 1 aromatic carbocycles. The van der Waals surface area contributed by atoms with Gasteiger partial charge in [0.2, 0.25) is 0 Å². The van der Waals surface area contributed by atoms with Crippen LogP contribution in [0.4, 0.5) is 0 Å². The summed E-state index contributed by atoms with van der Waals surface area (Å²) in [5, 5.41) is 0.819. The highest BCUT2D eigenvalue weighted by Crippen LogP contribution is 2.28. The van der Waals surface area contributed by atoms with Crippen LogP contribution in [-0.2, 0) is 0 Å². The van der Waals surface area contributed by atoms with E-state index in [1.165, 1.54) is 19.3 Å². The van der Waals surface area contributed by atoms with E-state index in [4.69, 9.17) is 17.3 Å². The molecule has 0 radical (unpaired) electrons. The number of nitrogens with two attached hydrogens (primary N) is 1. The molecule has 0 fully saturated rings. The number of nitrogens with zero attached hydrogens (tertiary/aromatic N) is 1. The Morgan fingerprint density at radius 2 is 1.89 bits per heavy atom. The zero-order valence-electron chi connectivity index (χ0n) is 12.4. The van der Waals surface area contributed by atoms with Crippen molar-refractivity contribution in [2.45, 2.75) is 52.1 Å². The molecule has 0 bridgehead atoms. The van der Waals surface area contributed by atoms with Gasteiger partial charge in [-0.15, -0.1) is 0 Å². The van der Waals surface area contributed by atoms with E-state index < -0.39 is 0 Å². The van der Waals surface area contributed by atoms with Crippen molar-refractivity contribution in [3.63, 3.8) is 0 Å². The topological polar surface area (TPSA) is 29.3 Å². The number of rotatable bonds is 8. The van der Waals surface area contributed by atoms with E-state index >= 15 is 0 Å². The molecule has 0 saturated carbocycles. The van der Waals surface area contributed by atoms with E-state index in [1.54, 1.807) is 0 Å². The Hall–Kier alpha value is -0.570. The molecule has 1 rings (SSSR count). The highest BCUT2D eigenvalue weighted by Gasteiger charge is 2.22. The fourth-order valence-corrected chi connectivity index (χ4v) is 2.77. The number of hydrogen-bond donors (Lipinski definition) is 1. The highest BCUT2D eigenvalue weighted by molar-refractivity contribution is 6.31. The van der Waals surface area contributed by atoms with E-state index in [2.05, 4.69) is 31.7 Å². The average Bonchev–Trinajstić information content (AvgIpc) is 2.39.